The number of ether oxygens (including phenoxy) is 1. The minimum Gasteiger partial charge on any atom is -0.492 e. The molecule has 0 fully saturated rings. The number of hydrogen-bond acceptors (Lipinski definition) is 3. The maximum absolute atomic E-state index is 12.0. The van der Waals surface area contributed by atoms with Crippen molar-refractivity contribution in [2.45, 2.75) is 13.0 Å². The molecule has 0 aliphatic rings. The van der Waals surface area contributed by atoms with Gasteiger partial charge in [0, 0.05) is 11.1 Å². The summed E-state index contributed by atoms with van der Waals surface area (Å²) in [5.74, 6) is 0.768. The third kappa shape index (κ3) is 5.55. The summed E-state index contributed by atoms with van der Waals surface area (Å²) < 4.78 is 5.55. The van der Waals surface area contributed by atoms with Crippen LogP contribution in [0.3, 0.4) is 0 Å². The largest absolute Gasteiger partial charge is 0.492 e. The maximum Gasteiger partial charge on any atom is 0.234 e. The summed E-state index contributed by atoms with van der Waals surface area (Å²) in [7, 11) is 1.91. The van der Waals surface area contributed by atoms with Crippen LogP contribution in [0.15, 0.2) is 54.6 Å². The SMILES string of the molecule is CC(c1ccccc1Cl)N(C)CC(=O)NCCOc1ccccc1. The van der Waals surface area contributed by atoms with Gasteiger partial charge in [-0.3, -0.25) is 9.69 Å². The normalized spacial score (nSPS) is 12.0. The third-order valence-corrected chi connectivity index (χ3v) is 4.19. The fourth-order valence-corrected chi connectivity index (χ4v) is 2.64. The van der Waals surface area contributed by atoms with E-state index in [9.17, 15) is 4.79 Å². The van der Waals surface area contributed by atoms with Gasteiger partial charge >= 0.3 is 0 Å². The Morgan fingerprint density at radius 3 is 2.54 bits per heavy atom. The summed E-state index contributed by atoms with van der Waals surface area (Å²) in [6.07, 6.45) is 0. The van der Waals surface area contributed by atoms with Crippen molar-refractivity contribution in [3.63, 3.8) is 0 Å². The highest BCUT2D eigenvalue weighted by Gasteiger charge is 2.16. The fraction of sp³-hybridized carbons (Fsp3) is 0.316. The van der Waals surface area contributed by atoms with Gasteiger partial charge in [0.15, 0.2) is 0 Å². The number of nitrogens with zero attached hydrogens (tertiary/aromatic N) is 1. The van der Waals surface area contributed by atoms with Gasteiger partial charge in [-0.15, -0.1) is 0 Å². The Labute approximate surface area is 148 Å². The molecule has 0 saturated carbocycles. The van der Waals surface area contributed by atoms with E-state index in [1.165, 1.54) is 0 Å². The highest BCUT2D eigenvalue weighted by atomic mass is 35.5. The smallest absolute Gasteiger partial charge is 0.234 e. The average Bonchev–Trinajstić information content (AvgIpc) is 2.59. The Hall–Kier alpha value is -2.04. The van der Waals surface area contributed by atoms with Crippen molar-refractivity contribution < 1.29 is 9.53 Å². The zero-order valence-electron chi connectivity index (χ0n) is 14.0. The molecule has 0 aliphatic carbocycles. The van der Waals surface area contributed by atoms with Crippen LogP contribution in [0.4, 0.5) is 0 Å². The molecule has 128 valence electrons. The van der Waals surface area contributed by atoms with E-state index >= 15 is 0 Å². The number of hydrogen-bond donors (Lipinski definition) is 1. The number of nitrogens with one attached hydrogen (secondary N) is 1. The molecule has 24 heavy (non-hydrogen) atoms. The molecule has 2 aromatic rings. The first-order valence-corrected chi connectivity index (χ1v) is 8.35. The number of rotatable bonds is 8. The third-order valence-electron chi connectivity index (χ3n) is 3.85. The summed E-state index contributed by atoms with van der Waals surface area (Å²) in [4.78, 5) is 14.0. The standard InChI is InChI=1S/C19H23ClN2O2/c1-15(17-10-6-7-11-18(17)20)22(2)14-19(23)21-12-13-24-16-8-4-3-5-9-16/h3-11,15H,12-14H2,1-2H3,(H,21,23). The first-order valence-electron chi connectivity index (χ1n) is 7.97. The van der Waals surface area contributed by atoms with E-state index in [1.54, 1.807) is 0 Å². The zero-order valence-corrected chi connectivity index (χ0v) is 14.8. The predicted molar refractivity (Wildman–Crippen MR) is 97.4 cm³/mol. The molecule has 0 aromatic heterocycles. The highest BCUT2D eigenvalue weighted by Crippen LogP contribution is 2.25. The first kappa shape index (κ1) is 18.3. The van der Waals surface area contributed by atoms with Crippen LogP contribution in [-0.2, 0) is 4.79 Å². The molecule has 1 amide bonds. The van der Waals surface area contributed by atoms with Crippen LogP contribution >= 0.6 is 11.6 Å². The van der Waals surface area contributed by atoms with Crippen LogP contribution in [0.2, 0.25) is 5.02 Å². The fourth-order valence-electron chi connectivity index (χ4n) is 2.35. The quantitative estimate of drug-likeness (QED) is 0.743. The highest BCUT2D eigenvalue weighted by molar-refractivity contribution is 6.31. The minimum absolute atomic E-state index is 0.0342. The number of halogens is 1. The molecular formula is C19H23ClN2O2. The van der Waals surface area contributed by atoms with E-state index in [-0.39, 0.29) is 11.9 Å². The van der Waals surface area contributed by atoms with E-state index in [2.05, 4.69) is 5.32 Å². The van der Waals surface area contributed by atoms with Crippen LogP contribution in [0.5, 0.6) is 5.75 Å². The number of likely N-dealkylation sites (N-methyl/N-ethyl adjacent to an activating group) is 1. The second-order valence-electron chi connectivity index (χ2n) is 5.62. The molecule has 2 rings (SSSR count). The van der Waals surface area contributed by atoms with Crippen molar-refractivity contribution >= 4 is 17.5 Å². The van der Waals surface area contributed by atoms with Gasteiger partial charge in [0.2, 0.25) is 5.91 Å². The molecule has 0 radical (unpaired) electrons. The van der Waals surface area contributed by atoms with Gasteiger partial charge in [0.1, 0.15) is 12.4 Å². The van der Waals surface area contributed by atoms with Crippen LogP contribution < -0.4 is 10.1 Å². The van der Waals surface area contributed by atoms with Crippen molar-refractivity contribution in [3.8, 4) is 5.75 Å². The summed E-state index contributed by atoms with van der Waals surface area (Å²) in [6, 6.07) is 17.3. The van der Waals surface area contributed by atoms with Crippen LogP contribution in [0.1, 0.15) is 18.5 Å². The summed E-state index contributed by atoms with van der Waals surface area (Å²) in [5, 5.41) is 3.58. The van der Waals surface area contributed by atoms with Crippen molar-refractivity contribution in [2.75, 3.05) is 26.7 Å². The first-order chi connectivity index (χ1) is 11.6. The maximum atomic E-state index is 12.0. The molecule has 0 bridgehead atoms. The monoisotopic (exact) mass is 346 g/mol. The number of carbonyl (C=O) groups excluding carboxylic acids is 1. The average molecular weight is 347 g/mol. The van der Waals surface area contributed by atoms with E-state index in [0.717, 1.165) is 11.3 Å². The number of benzene rings is 2. The van der Waals surface area contributed by atoms with Gasteiger partial charge in [-0.05, 0) is 37.7 Å². The molecule has 0 saturated heterocycles. The Balaban J connectivity index is 1.72. The Morgan fingerprint density at radius 1 is 1.17 bits per heavy atom. The Bertz CT molecular complexity index is 649. The van der Waals surface area contributed by atoms with Crippen molar-refractivity contribution in [2.24, 2.45) is 0 Å². The summed E-state index contributed by atoms with van der Waals surface area (Å²) in [5.41, 5.74) is 1.02. The lowest BCUT2D eigenvalue weighted by atomic mass is 10.1. The zero-order chi connectivity index (χ0) is 17.4. The number of amides is 1. The van der Waals surface area contributed by atoms with E-state index in [0.29, 0.717) is 24.7 Å². The van der Waals surface area contributed by atoms with Crippen LogP contribution in [0, 0.1) is 0 Å². The lowest BCUT2D eigenvalue weighted by Gasteiger charge is -2.25. The van der Waals surface area contributed by atoms with E-state index in [4.69, 9.17) is 16.3 Å². The molecule has 1 N–H and O–H groups in total. The molecule has 4 nitrogen and oxygen atoms in total. The van der Waals surface area contributed by atoms with Gasteiger partial charge in [0.25, 0.3) is 0 Å². The van der Waals surface area contributed by atoms with Crippen LogP contribution in [-0.4, -0.2) is 37.6 Å². The molecule has 0 spiro atoms. The van der Waals surface area contributed by atoms with Gasteiger partial charge < -0.3 is 10.1 Å². The number of para-hydroxylation sites is 1. The molecular weight excluding hydrogens is 324 g/mol. The van der Waals surface area contributed by atoms with Crippen LogP contribution in [0.25, 0.3) is 0 Å². The summed E-state index contributed by atoms with van der Waals surface area (Å²) in [6.45, 7) is 3.26. The Morgan fingerprint density at radius 2 is 1.83 bits per heavy atom. The second-order valence-corrected chi connectivity index (χ2v) is 6.03. The lowest BCUT2D eigenvalue weighted by molar-refractivity contribution is -0.122. The second kappa shape index (κ2) is 9.30. The van der Waals surface area contributed by atoms with Gasteiger partial charge in [0.05, 0.1) is 13.1 Å². The molecule has 2 aromatic carbocycles. The summed E-state index contributed by atoms with van der Waals surface area (Å²) >= 11 is 6.22. The van der Waals surface area contributed by atoms with Gasteiger partial charge in [-0.1, -0.05) is 48.0 Å². The molecule has 1 atom stereocenters. The molecule has 0 heterocycles. The molecule has 1 unspecified atom stereocenters. The minimum atomic E-state index is -0.0342. The van der Waals surface area contributed by atoms with Crippen molar-refractivity contribution in [1.82, 2.24) is 10.2 Å². The molecule has 0 aliphatic heterocycles. The van der Waals surface area contributed by atoms with Gasteiger partial charge in [-0.25, -0.2) is 0 Å². The topological polar surface area (TPSA) is 41.6 Å². The van der Waals surface area contributed by atoms with E-state index < -0.39 is 0 Å². The molecule has 5 heteroatoms. The number of carbonyl (C=O) groups is 1. The van der Waals surface area contributed by atoms with E-state index in [1.807, 2.05) is 73.5 Å². The Kier molecular flexibility index (Phi) is 7.09. The lowest BCUT2D eigenvalue weighted by Crippen LogP contribution is -2.38. The van der Waals surface area contributed by atoms with Gasteiger partial charge in [-0.2, -0.15) is 0 Å². The predicted octanol–water partition coefficient (Wildman–Crippen LogP) is 3.53. The van der Waals surface area contributed by atoms with Crippen molar-refractivity contribution in [1.29, 1.82) is 0 Å². The van der Waals surface area contributed by atoms with Crippen molar-refractivity contribution in [3.05, 3.63) is 65.2 Å².